The molecule has 3 unspecified atom stereocenters. The summed E-state index contributed by atoms with van der Waals surface area (Å²) < 4.78 is 5.63. The van der Waals surface area contributed by atoms with Crippen molar-refractivity contribution in [1.82, 2.24) is 5.32 Å². The molecule has 4 heteroatoms. The molecule has 0 radical (unpaired) electrons. The summed E-state index contributed by atoms with van der Waals surface area (Å²) in [6.45, 7) is 2.07. The molecule has 120 valence electrons. The third-order valence-electron chi connectivity index (χ3n) is 5.94. The number of halogens is 1. The van der Waals surface area contributed by atoms with Crippen molar-refractivity contribution in [3.63, 3.8) is 0 Å². The monoisotopic (exact) mass is 365 g/mol. The highest BCUT2D eigenvalue weighted by Crippen LogP contribution is 2.64. The van der Waals surface area contributed by atoms with Crippen molar-refractivity contribution in [2.24, 2.45) is 17.3 Å². The zero-order chi connectivity index (χ0) is 15.4. The maximum atomic E-state index is 13.0. The summed E-state index contributed by atoms with van der Waals surface area (Å²) >= 11 is 3.98. The zero-order valence-electron chi connectivity index (χ0n) is 13.1. The SMILES string of the molecule is CC(Cc1ccco1)NC(=O)C12CC3CC(CC(Br)(C3)C1)C2. The summed E-state index contributed by atoms with van der Waals surface area (Å²) in [6.07, 6.45) is 9.53. The molecule has 0 saturated heterocycles. The first-order chi connectivity index (χ1) is 10.5. The maximum absolute atomic E-state index is 13.0. The predicted molar refractivity (Wildman–Crippen MR) is 88.8 cm³/mol. The van der Waals surface area contributed by atoms with Crippen LogP contribution in [0.3, 0.4) is 0 Å². The molecule has 3 nitrogen and oxygen atoms in total. The molecule has 4 aliphatic carbocycles. The first-order valence-corrected chi connectivity index (χ1v) is 9.28. The number of amides is 1. The standard InChI is InChI=1S/C18H24BrNO2/c1-12(5-15-3-2-4-22-15)20-16(21)17-7-13-6-14(8-17)10-18(19,9-13)11-17/h2-4,12-14H,5-11H2,1H3,(H,20,21). The minimum atomic E-state index is -0.120. The van der Waals surface area contributed by atoms with Crippen molar-refractivity contribution in [1.29, 1.82) is 0 Å². The lowest BCUT2D eigenvalue weighted by Gasteiger charge is -2.59. The van der Waals surface area contributed by atoms with Gasteiger partial charge in [-0.25, -0.2) is 0 Å². The molecule has 1 heterocycles. The van der Waals surface area contributed by atoms with E-state index in [-0.39, 0.29) is 21.7 Å². The molecule has 1 aromatic rings. The fraction of sp³-hybridized carbons (Fsp3) is 0.722. The van der Waals surface area contributed by atoms with Gasteiger partial charge in [-0.3, -0.25) is 4.79 Å². The van der Waals surface area contributed by atoms with E-state index in [4.69, 9.17) is 4.42 Å². The highest BCUT2D eigenvalue weighted by Gasteiger charge is 2.59. The van der Waals surface area contributed by atoms with Crippen molar-refractivity contribution >= 4 is 21.8 Å². The van der Waals surface area contributed by atoms with E-state index in [1.165, 1.54) is 19.3 Å². The van der Waals surface area contributed by atoms with Gasteiger partial charge in [-0.05, 0) is 69.4 Å². The van der Waals surface area contributed by atoms with Crippen LogP contribution in [0.4, 0.5) is 0 Å². The Morgan fingerprint density at radius 1 is 1.41 bits per heavy atom. The van der Waals surface area contributed by atoms with Crippen molar-refractivity contribution in [3.05, 3.63) is 24.2 Å². The molecule has 0 aliphatic heterocycles. The minimum absolute atomic E-state index is 0.120. The van der Waals surface area contributed by atoms with Crippen LogP contribution in [0.2, 0.25) is 0 Å². The Hall–Kier alpha value is -0.770. The molecule has 1 N–H and O–H groups in total. The van der Waals surface area contributed by atoms with Crippen molar-refractivity contribution in [2.45, 2.75) is 62.2 Å². The van der Waals surface area contributed by atoms with Crippen LogP contribution in [0, 0.1) is 17.3 Å². The number of nitrogens with one attached hydrogen (secondary N) is 1. The van der Waals surface area contributed by atoms with E-state index < -0.39 is 0 Å². The lowest BCUT2D eigenvalue weighted by Crippen LogP contribution is -2.59. The number of furan rings is 1. The van der Waals surface area contributed by atoms with Crippen molar-refractivity contribution in [2.75, 3.05) is 0 Å². The molecule has 0 aromatic carbocycles. The van der Waals surface area contributed by atoms with Gasteiger partial charge in [-0.1, -0.05) is 15.9 Å². The molecule has 4 saturated carbocycles. The van der Waals surface area contributed by atoms with E-state index in [1.54, 1.807) is 6.26 Å². The normalized spacial score (nSPS) is 40.6. The van der Waals surface area contributed by atoms with Gasteiger partial charge in [0.1, 0.15) is 5.76 Å². The van der Waals surface area contributed by atoms with Gasteiger partial charge in [0.05, 0.1) is 11.7 Å². The highest BCUT2D eigenvalue weighted by atomic mass is 79.9. The number of alkyl halides is 1. The lowest BCUT2D eigenvalue weighted by molar-refractivity contribution is -0.144. The fourth-order valence-corrected chi connectivity index (χ4v) is 7.03. The molecule has 3 atom stereocenters. The lowest BCUT2D eigenvalue weighted by atomic mass is 9.49. The van der Waals surface area contributed by atoms with Crippen LogP contribution >= 0.6 is 15.9 Å². The summed E-state index contributed by atoms with van der Waals surface area (Å²) in [5.41, 5.74) is -0.120. The fourth-order valence-electron chi connectivity index (χ4n) is 5.57. The summed E-state index contributed by atoms with van der Waals surface area (Å²) in [7, 11) is 0. The van der Waals surface area contributed by atoms with Crippen LogP contribution in [0.15, 0.2) is 22.8 Å². The van der Waals surface area contributed by atoms with Crippen LogP contribution in [0.5, 0.6) is 0 Å². The average Bonchev–Trinajstić information content (AvgIpc) is 2.88. The third-order valence-corrected chi connectivity index (χ3v) is 6.86. The second-order valence-electron chi connectivity index (χ2n) is 8.05. The van der Waals surface area contributed by atoms with Gasteiger partial charge in [0.15, 0.2) is 0 Å². The predicted octanol–water partition coefficient (Wildman–Crippen LogP) is 4.06. The number of carbonyl (C=O) groups excluding carboxylic acids is 1. The number of carbonyl (C=O) groups is 1. The van der Waals surface area contributed by atoms with Gasteiger partial charge < -0.3 is 9.73 Å². The molecular formula is C18H24BrNO2. The Balaban J connectivity index is 1.46. The molecule has 5 rings (SSSR count). The summed E-state index contributed by atoms with van der Waals surface area (Å²) in [6, 6.07) is 4.00. The van der Waals surface area contributed by atoms with Crippen LogP contribution in [0.25, 0.3) is 0 Å². The summed E-state index contributed by atoms with van der Waals surface area (Å²) in [5, 5.41) is 3.27. The van der Waals surface area contributed by atoms with Gasteiger partial charge >= 0.3 is 0 Å². The molecule has 0 spiro atoms. The smallest absolute Gasteiger partial charge is 0.226 e. The Morgan fingerprint density at radius 3 is 2.73 bits per heavy atom. The van der Waals surface area contributed by atoms with Crippen molar-refractivity contribution < 1.29 is 9.21 Å². The Kier molecular flexibility index (Phi) is 3.44. The van der Waals surface area contributed by atoms with Crippen LogP contribution in [-0.2, 0) is 11.2 Å². The first-order valence-electron chi connectivity index (χ1n) is 8.49. The van der Waals surface area contributed by atoms with E-state index in [2.05, 4.69) is 28.2 Å². The largest absolute Gasteiger partial charge is 0.469 e. The van der Waals surface area contributed by atoms with Gasteiger partial charge in [0.2, 0.25) is 5.91 Å². The minimum Gasteiger partial charge on any atom is -0.469 e. The average molecular weight is 366 g/mol. The van der Waals surface area contributed by atoms with Gasteiger partial charge in [-0.2, -0.15) is 0 Å². The number of hydrogen-bond donors (Lipinski definition) is 1. The van der Waals surface area contributed by atoms with Crippen LogP contribution in [0.1, 0.15) is 51.2 Å². The molecule has 4 bridgehead atoms. The van der Waals surface area contributed by atoms with Gasteiger partial charge in [-0.15, -0.1) is 0 Å². The molecule has 1 aromatic heterocycles. The third kappa shape index (κ3) is 2.53. The van der Waals surface area contributed by atoms with E-state index >= 15 is 0 Å². The zero-order valence-corrected chi connectivity index (χ0v) is 14.7. The van der Waals surface area contributed by atoms with Gasteiger partial charge in [0.25, 0.3) is 0 Å². The number of rotatable bonds is 4. The Bertz CT molecular complexity index is 554. The Labute approximate surface area is 140 Å². The van der Waals surface area contributed by atoms with E-state index in [1.807, 2.05) is 12.1 Å². The van der Waals surface area contributed by atoms with E-state index in [0.717, 1.165) is 43.3 Å². The molecule has 22 heavy (non-hydrogen) atoms. The van der Waals surface area contributed by atoms with Gasteiger partial charge in [0, 0.05) is 16.8 Å². The summed E-state index contributed by atoms with van der Waals surface area (Å²) in [4.78, 5) is 13.0. The molecule has 1 amide bonds. The molecule has 4 aliphatic rings. The molecular weight excluding hydrogens is 342 g/mol. The van der Waals surface area contributed by atoms with E-state index in [9.17, 15) is 4.79 Å². The second kappa shape index (κ2) is 5.12. The maximum Gasteiger partial charge on any atom is 0.226 e. The summed E-state index contributed by atoms with van der Waals surface area (Å²) in [5.74, 6) is 2.71. The van der Waals surface area contributed by atoms with E-state index in [0.29, 0.717) is 0 Å². The quantitative estimate of drug-likeness (QED) is 0.817. The van der Waals surface area contributed by atoms with Crippen LogP contribution in [-0.4, -0.2) is 16.3 Å². The molecule has 4 fully saturated rings. The number of hydrogen-bond acceptors (Lipinski definition) is 2. The van der Waals surface area contributed by atoms with Crippen molar-refractivity contribution in [3.8, 4) is 0 Å². The first kappa shape index (κ1) is 14.8. The topological polar surface area (TPSA) is 42.2 Å². The Morgan fingerprint density at radius 2 is 2.14 bits per heavy atom. The van der Waals surface area contributed by atoms with Crippen LogP contribution < -0.4 is 5.32 Å². The second-order valence-corrected chi connectivity index (χ2v) is 9.73. The highest BCUT2D eigenvalue weighted by molar-refractivity contribution is 9.10.